The highest BCUT2D eigenvalue weighted by molar-refractivity contribution is 7.99. The van der Waals surface area contributed by atoms with E-state index < -0.39 is 5.91 Å². The third-order valence-electron chi connectivity index (χ3n) is 2.10. The van der Waals surface area contributed by atoms with Crippen molar-refractivity contribution in [1.29, 1.82) is 5.26 Å². The van der Waals surface area contributed by atoms with Crippen molar-refractivity contribution in [2.45, 2.75) is 12.1 Å². The standard InChI is InChI=1S/C12H10N4OS3/c1-2-18-12-15-11(20-16-12)14-10(17)8(7-13)6-9-4-3-5-19-9/h3-6H,2H2,1H3,(H,14,15,16,17)/b8-6-. The number of carbonyl (C=O) groups excluding carboxylic acids is 1. The molecule has 0 aromatic carbocycles. The van der Waals surface area contributed by atoms with Crippen molar-refractivity contribution in [2.75, 3.05) is 11.1 Å². The molecule has 2 rings (SSSR count). The second kappa shape index (κ2) is 7.19. The van der Waals surface area contributed by atoms with Crippen molar-refractivity contribution in [3.05, 3.63) is 28.0 Å². The molecule has 5 nitrogen and oxygen atoms in total. The van der Waals surface area contributed by atoms with Crippen LogP contribution in [0.5, 0.6) is 0 Å². The molecule has 0 unspecified atom stereocenters. The lowest BCUT2D eigenvalue weighted by Crippen LogP contribution is -2.13. The zero-order valence-corrected chi connectivity index (χ0v) is 12.9. The van der Waals surface area contributed by atoms with Crippen LogP contribution >= 0.6 is 34.6 Å². The van der Waals surface area contributed by atoms with Crippen molar-refractivity contribution in [3.8, 4) is 6.07 Å². The van der Waals surface area contributed by atoms with E-state index in [1.807, 2.05) is 30.5 Å². The van der Waals surface area contributed by atoms with Gasteiger partial charge in [0.25, 0.3) is 5.91 Å². The van der Waals surface area contributed by atoms with Gasteiger partial charge in [0.2, 0.25) is 10.3 Å². The van der Waals surface area contributed by atoms with Crippen LogP contribution in [-0.4, -0.2) is 21.0 Å². The molecule has 2 aromatic rings. The molecule has 2 heterocycles. The minimum absolute atomic E-state index is 0.0485. The van der Waals surface area contributed by atoms with Crippen LogP contribution in [-0.2, 0) is 4.79 Å². The third kappa shape index (κ3) is 3.90. The number of anilines is 1. The fraction of sp³-hybridized carbons (Fsp3) is 0.167. The van der Waals surface area contributed by atoms with E-state index in [0.29, 0.717) is 10.3 Å². The van der Waals surface area contributed by atoms with E-state index in [2.05, 4.69) is 14.7 Å². The first-order valence-corrected chi connectivity index (χ1v) is 8.30. The highest BCUT2D eigenvalue weighted by Gasteiger charge is 2.12. The van der Waals surface area contributed by atoms with Gasteiger partial charge < -0.3 is 0 Å². The number of nitrogens with one attached hydrogen (secondary N) is 1. The number of rotatable bonds is 5. The van der Waals surface area contributed by atoms with Crippen LogP contribution in [0.15, 0.2) is 28.2 Å². The quantitative estimate of drug-likeness (QED) is 0.519. The summed E-state index contributed by atoms with van der Waals surface area (Å²) in [4.78, 5) is 17.0. The van der Waals surface area contributed by atoms with Crippen LogP contribution < -0.4 is 5.32 Å². The molecule has 0 aliphatic carbocycles. The lowest BCUT2D eigenvalue weighted by molar-refractivity contribution is -0.112. The zero-order chi connectivity index (χ0) is 14.4. The minimum atomic E-state index is -0.468. The van der Waals surface area contributed by atoms with E-state index in [9.17, 15) is 4.79 Å². The summed E-state index contributed by atoms with van der Waals surface area (Å²) in [7, 11) is 0. The average Bonchev–Trinajstić information content (AvgIpc) is 3.08. The number of nitriles is 1. The maximum Gasteiger partial charge on any atom is 0.268 e. The van der Waals surface area contributed by atoms with Crippen molar-refractivity contribution in [2.24, 2.45) is 0 Å². The molecular weight excluding hydrogens is 312 g/mol. The Balaban J connectivity index is 2.08. The minimum Gasteiger partial charge on any atom is -0.296 e. The fourth-order valence-electron chi connectivity index (χ4n) is 1.28. The van der Waals surface area contributed by atoms with E-state index in [-0.39, 0.29) is 5.57 Å². The van der Waals surface area contributed by atoms with Crippen LogP contribution in [0.1, 0.15) is 11.8 Å². The fourth-order valence-corrected chi connectivity index (χ4v) is 3.20. The number of carbonyl (C=O) groups is 1. The number of nitrogens with zero attached hydrogens (tertiary/aromatic N) is 3. The summed E-state index contributed by atoms with van der Waals surface area (Å²) in [5.41, 5.74) is 0.0485. The van der Waals surface area contributed by atoms with Gasteiger partial charge in [0.15, 0.2) is 0 Å². The molecule has 0 aliphatic heterocycles. The molecule has 2 aromatic heterocycles. The third-order valence-corrected chi connectivity index (χ3v) is 4.39. The van der Waals surface area contributed by atoms with Crippen LogP contribution in [0, 0.1) is 11.3 Å². The van der Waals surface area contributed by atoms with Crippen molar-refractivity contribution in [1.82, 2.24) is 9.36 Å². The Morgan fingerprint density at radius 3 is 3.15 bits per heavy atom. The number of hydrogen-bond donors (Lipinski definition) is 1. The number of aromatic nitrogens is 2. The number of hydrogen-bond acceptors (Lipinski definition) is 7. The van der Waals surface area contributed by atoms with Gasteiger partial charge in [-0.1, -0.05) is 24.8 Å². The molecule has 1 amide bonds. The van der Waals surface area contributed by atoms with E-state index in [0.717, 1.165) is 22.2 Å². The van der Waals surface area contributed by atoms with Gasteiger partial charge in [-0.2, -0.15) is 14.6 Å². The predicted molar refractivity (Wildman–Crippen MR) is 82.8 cm³/mol. The number of thiophene rings is 1. The lowest BCUT2D eigenvalue weighted by atomic mass is 10.2. The normalized spacial score (nSPS) is 11.1. The highest BCUT2D eigenvalue weighted by atomic mass is 32.2. The van der Waals surface area contributed by atoms with Gasteiger partial charge in [0, 0.05) is 16.4 Å². The molecule has 0 spiro atoms. The maximum atomic E-state index is 12.0. The monoisotopic (exact) mass is 322 g/mol. The zero-order valence-electron chi connectivity index (χ0n) is 10.5. The highest BCUT2D eigenvalue weighted by Crippen LogP contribution is 2.20. The molecule has 0 atom stereocenters. The molecule has 0 radical (unpaired) electrons. The molecule has 0 saturated heterocycles. The Hall–Kier alpha value is -1.69. The van der Waals surface area contributed by atoms with Crippen molar-refractivity contribution >= 4 is 51.7 Å². The van der Waals surface area contributed by atoms with E-state index >= 15 is 0 Å². The Labute approximate surface area is 128 Å². The summed E-state index contributed by atoms with van der Waals surface area (Å²) in [6.45, 7) is 2.00. The summed E-state index contributed by atoms with van der Waals surface area (Å²) in [5.74, 6) is 0.399. The van der Waals surface area contributed by atoms with Crippen LogP contribution in [0.25, 0.3) is 6.08 Å². The second-order valence-corrected chi connectivity index (χ2v) is 6.42. The van der Waals surface area contributed by atoms with Crippen molar-refractivity contribution in [3.63, 3.8) is 0 Å². The molecule has 20 heavy (non-hydrogen) atoms. The van der Waals surface area contributed by atoms with Gasteiger partial charge in [0.1, 0.15) is 11.6 Å². The first kappa shape index (κ1) is 14.7. The van der Waals surface area contributed by atoms with Crippen LogP contribution in [0.2, 0.25) is 0 Å². The lowest BCUT2D eigenvalue weighted by Gasteiger charge is -1.98. The van der Waals surface area contributed by atoms with Gasteiger partial charge in [-0.05, 0) is 23.3 Å². The van der Waals surface area contributed by atoms with Gasteiger partial charge in [-0.15, -0.1) is 11.3 Å². The summed E-state index contributed by atoms with van der Waals surface area (Å²) < 4.78 is 4.10. The molecule has 0 aliphatic rings. The summed E-state index contributed by atoms with van der Waals surface area (Å²) in [6, 6.07) is 5.61. The molecule has 1 N–H and O–H groups in total. The van der Waals surface area contributed by atoms with Gasteiger partial charge in [-0.25, -0.2) is 0 Å². The Bertz CT molecular complexity index is 655. The summed E-state index contributed by atoms with van der Waals surface area (Å²) in [6.07, 6.45) is 1.56. The molecule has 0 bridgehead atoms. The smallest absolute Gasteiger partial charge is 0.268 e. The first-order valence-electron chi connectivity index (χ1n) is 5.66. The average molecular weight is 322 g/mol. The van der Waals surface area contributed by atoms with Crippen LogP contribution in [0.3, 0.4) is 0 Å². The first-order chi connectivity index (χ1) is 9.72. The number of thioether (sulfide) groups is 1. The van der Waals surface area contributed by atoms with Gasteiger partial charge in [-0.3, -0.25) is 10.1 Å². The topological polar surface area (TPSA) is 78.7 Å². The SMILES string of the molecule is CCSc1nsc(NC(=O)/C(C#N)=C\c2cccs2)n1. The van der Waals surface area contributed by atoms with Crippen molar-refractivity contribution < 1.29 is 4.79 Å². The van der Waals surface area contributed by atoms with E-state index in [1.54, 1.807) is 6.08 Å². The predicted octanol–water partition coefficient (Wildman–Crippen LogP) is 3.26. The van der Waals surface area contributed by atoms with E-state index in [4.69, 9.17) is 5.26 Å². The summed E-state index contributed by atoms with van der Waals surface area (Å²) >= 11 is 4.07. The van der Waals surface area contributed by atoms with E-state index in [1.165, 1.54) is 23.1 Å². The summed E-state index contributed by atoms with van der Waals surface area (Å²) in [5, 5.41) is 14.6. The largest absolute Gasteiger partial charge is 0.296 e. The maximum absolute atomic E-state index is 12.0. The van der Waals surface area contributed by atoms with Gasteiger partial charge >= 0.3 is 0 Å². The van der Waals surface area contributed by atoms with Crippen LogP contribution in [0.4, 0.5) is 5.13 Å². The number of amides is 1. The molecule has 0 fully saturated rings. The second-order valence-electron chi connectivity index (χ2n) is 3.45. The molecular formula is C12H10N4OS3. The molecule has 8 heteroatoms. The molecule has 102 valence electrons. The van der Waals surface area contributed by atoms with Gasteiger partial charge in [0.05, 0.1) is 0 Å². The molecule has 0 saturated carbocycles. The Kier molecular flexibility index (Phi) is 5.29. The Morgan fingerprint density at radius 2 is 2.50 bits per heavy atom. The Morgan fingerprint density at radius 1 is 1.65 bits per heavy atom.